The Hall–Kier alpha value is -2.86. The van der Waals surface area contributed by atoms with E-state index in [1.54, 1.807) is 0 Å². The van der Waals surface area contributed by atoms with E-state index in [2.05, 4.69) is 68.9 Å². The van der Waals surface area contributed by atoms with Crippen LogP contribution >= 0.6 is 0 Å². The van der Waals surface area contributed by atoms with Crippen LogP contribution in [0, 0.1) is 0 Å². The van der Waals surface area contributed by atoms with Crippen LogP contribution in [0.25, 0.3) is 10.9 Å². The van der Waals surface area contributed by atoms with E-state index in [4.69, 9.17) is 4.98 Å². The Kier molecular flexibility index (Phi) is 5.64. The Labute approximate surface area is 184 Å². The average molecular weight is 417 g/mol. The first-order valence-electron chi connectivity index (χ1n) is 11.5. The second kappa shape index (κ2) is 8.71. The molecule has 0 atom stereocenters. The van der Waals surface area contributed by atoms with E-state index >= 15 is 0 Å². The molecule has 31 heavy (non-hydrogen) atoms. The van der Waals surface area contributed by atoms with Crippen LogP contribution in [0.1, 0.15) is 37.2 Å². The molecule has 2 aromatic carbocycles. The van der Waals surface area contributed by atoms with Crippen molar-refractivity contribution in [2.75, 3.05) is 55.8 Å². The molecular weight excluding hydrogens is 384 g/mol. The Balaban J connectivity index is 1.39. The molecule has 6 heteroatoms. The van der Waals surface area contributed by atoms with Gasteiger partial charge in [-0.3, -0.25) is 0 Å². The fourth-order valence-corrected chi connectivity index (χ4v) is 4.97. The van der Waals surface area contributed by atoms with Crippen LogP contribution < -0.4 is 15.5 Å². The monoisotopic (exact) mass is 416 g/mol. The van der Waals surface area contributed by atoms with Crippen LogP contribution in [-0.2, 0) is 0 Å². The fraction of sp³-hybridized carbons (Fsp3) is 0.440. The predicted molar refractivity (Wildman–Crippen MR) is 130 cm³/mol. The lowest BCUT2D eigenvalue weighted by atomic mass is 9.93. The highest BCUT2D eigenvalue weighted by Crippen LogP contribution is 2.41. The van der Waals surface area contributed by atoms with E-state index < -0.39 is 0 Å². The van der Waals surface area contributed by atoms with Crippen molar-refractivity contribution in [1.82, 2.24) is 14.9 Å². The average Bonchev–Trinajstić information content (AvgIpc) is 3.34. The Morgan fingerprint density at radius 2 is 1.68 bits per heavy atom. The van der Waals surface area contributed by atoms with E-state index in [1.807, 2.05) is 13.2 Å². The quantitative estimate of drug-likeness (QED) is 0.622. The van der Waals surface area contributed by atoms with Crippen molar-refractivity contribution < 1.29 is 0 Å². The van der Waals surface area contributed by atoms with Crippen LogP contribution in [0.4, 0.5) is 23.0 Å². The first kappa shape index (κ1) is 20.1. The van der Waals surface area contributed by atoms with Crippen LogP contribution in [0.2, 0.25) is 0 Å². The predicted octanol–water partition coefficient (Wildman–Crippen LogP) is 4.82. The van der Waals surface area contributed by atoms with Gasteiger partial charge >= 0.3 is 0 Å². The summed E-state index contributed by atoms with van der Waals surface area (Å²) in [4.78, 5) is 14.4. The standard InChI is InChI=1S/C25H32N6/c1-26-22-12-7-19-17-27-25(29-24(19)23(22)18-5-3-4-6-18)28-20-8-10-21(11-9-20)31-15-13-30(2)14-16-31/h7-12,17-18,26H,3-6,13-16H2,1-2H3,(H,27,28,29). The van der Waals surface area contributed by atoms with E-state index in [0.29, 0.717) is 11.9 Å². The van der Waals surface area contributed by atoms with Crippen molar-refractivity contribution in [3.05, 3.63) is 48.2 Å². The lowest BCUT2D eigenvalue weighted by Gasteiger charge is -2.34. The molecule has 2 fully saturated rings. The number of nitrogens with one attached hydrogen (secondary N) is 2. The van der Waals surface area contributed by atoms with Crippen molar-refractivity contribution in [2.45, 2.75) is 31.6 Å². The lowest BCUT2D eigenvalue weighted by Crippen LogP contribution is -2.44. The van der Waals surface area contributed by atoms with Crippen LogP contribution in [-0.4, -0.2) is 55.1 Å². The summed E-state index contributed by atoms with van der Waals surface area (Å²) in [7, 11) is 4.19. The Bertz CT molecular complexity index is 1030. The topological polar surface area (TPSA) is 56.3 Å². The molecule has 3 aromatic rings. The maximum absolute atomic E-state index is 4.97. The minimum absolute atomic E-state index is 0.580. The molecule has 1 aliphatic heterocycles. The molecule has 1 saturated heterocycles. The van der Waals surface area contributed by atoms with Crippen molar-refractivity contribution in [2.24, 2.45) is 0 Å². The molecule has 5 rings (SSSR count). The largest absolute Gasteiger partial charge is 0.388 e. The molecule has 6 nitrogen and oxygen atoms in total. The normalized spacial score (nSPS) is 17.9. The maximum Gasteiger partial charge on any atom is 0.227 e. The minimum Gasteiger partial charge on any atom is -0.388 e. The molecule has 1 saturated carbocycles. The molecule has 1 aliphatic carbocycles. The van der Waals surface area contributed by atoms with E-state index in [1.165, 1.54) is 42.6 Å². The van der Waals surface area contributed by atoms with E-state index in [-0.39, 0.29) is 0 Å². The third-order valence-electron chi connectivity index (χ3n) is 6.82. The zero-order valence-corrected chi connectivity index (χ0v) is 18.6. The van der Waals surface area contributed by atoms with Gasteiger partial charge < -0.3 is 20.4 Å². The first-order chi connectivity index (χ1) is 15.2. The number of hydrogen-bond acceptors (Lipinski definition) is 6. The van der Waals surface area contributed by atoms with Crippen molar-refractivity contribution >= 4 is 33.9 Å². The molecule has 162 valence electrons. The number of rotatable bonds is 5. The number of anilines is 4. The molecule has 0 spiro atoms. The Morgan fingerprint density at radius 3 is 2.39 bits per heavy atom. The molecule has 0 radical (unpaired) electrons. The van der Waals surface area contributed by atoms with Crippen molar-refractivity contribution in [3.8, 4) is 0 Å². The zero-order valence-electron chi connectivity index (χ0n) is 18.6. The van der Waals surface area contributed by atoms with Gasteiger partial charge in [-0.05, 0) is 62.2 Å². The SMILES string of the molecule is CNc1ccc2cnc(Nc3ccc(N4CCN(C)CC4)cc3)nc2c1C1CCCC1. The van der Waals surface area contributed by atoms with Gasteiger partial charge in [0.1, 0.15) is 0 Å². The van der Waals surface area contributed by atoms with Crippen LogP contribution in [0.3, 0.4) is 0 Å². The van der Waals surface area contributed by atoms with E-state index in [9.17, 15) is 0 Å². The summed E-state index contributed by atoms with van der Waals surface area (Å²) in [5.41, 5.74) is 5.92. The minimum atomic E-state index is 0.580. The smallest absolute Gasteiger partial charge is 0.227 e. The summed E-state index contributed by atoms with van der Waals surface area (Å²) in [6, 6.07) is 12.9. The number of benzene rings is 2. The first-order valence-corrected chi connectivity index (χ1v) is 11.5. The Morgan fingerprint density at radius 1 is 0.935 bits per heavy atom. The highest BCUT2D eigenvalue weighted by Gasteiger charge is 2.23. The van der Waals surface area contributed by atoms with Crippen molar-refractivity contribution in [3.63, 3.8) is 0 Å². The third kappa shape index (κ3) is 4.17. The number of fused-ring (bicyclic) bond motifs is 1. The van der Waals surface area contributed by atoms with Gasteiger partial charge in [-0.1, -0.05) is 12.8 Å². The number of piperazine rings is 1. The second-order valence-corrected chi connectivity index (χ2v) is 8.85. The zero-order chi connectivity index (χ0) is 21.2. The molecule has 0 amide bonds. The maximum atomic E-state index is 4.97. The number of nitrogens with zero attached hydrogens (tertiary/aromatic N) is 4. The van der Waals surface area contributed by atoms with Crippen molar-refractivity contribution in [1.29, 1.82) is 0 Å². The van der Waals surface area contributed by atoms with Gasteiger partial charge in [0, 0.05) is 67.4 Å². The molecule has 2 heterocycles. The van der Waals surface area contributed by atoms with Gasteiger partial charge in [-0.15, -0.1) is 0 Å². The number of likely N-dealkylation sites (N-methyl/N-ethyl adjacent to an activating group) is 1. The molecule has 0 bridgehead atoms. The van der Waals surface area contributed by atoms with Crippen LogP contribution in [0.5, 0.6) is 0 Å². The second-order valence-electron chi connectivity index (χ2n) is 8.85. The summed E-state index contributed by atoms with van der Waals surface area (Å²) < 4.78 is 0. The lowest BCUT2D eigenvalue weighted by molar-refractivity contribution is 0.313. The van der Waals surface area contributed by atoms with Gasteiger partial charge in [-0.25, -0.2) is 9.97 Å². The molecule has 2 N–H and O–H groups in total. The summed E-state index contributed by atoms with van der Waals surface area (Å²) in [5, 5.41) is 7.91. The molecular formula is C25H32N6. The molecule has 2 aliphatic rings. The highest BCUT2D eigenvalue weighted by atomic mass is 15.2. The summed E-state index contributed by atoms with van der Waals surface area (Å²) in [6.45, 7) is 4.38. The fourth-order valence-electron chi connectivity index (χ4n) is 4.97. The van der Waals surface area contributed by atoms with E-state index in [0.717, 1.165) is 42.8 Å². The summed E-state index contributed by atoms with van der Waals surface area (Å²) >= 11 is 0. The number of hydrogen-bond donors (Lipinski definition) is 2. The van der Waals surface area contributed by atoms with Crippen LogP contribution in [0.15, 0.2) is 42.6 Å². The summed E-state index contributed by atoms with van der Waals surface area (Å²) in [5.74, 6) is 1.24. The van der Waals surface area contributed by atoms with Gasteiger partial charge in [0.2, 0.25) is 5.95 Å². The summed E-state index contributed by atoms with van der Waals surface area (Å²) in [6.07, 6.45) is 7.05. The number of aromatic nitrogens is 2. The van der Waals surface area contributed by atoms with Gasteiger partial charge in [0.25, 0.3) is 0 Å². The third-order valence-corrected chi connectivity index (χ3v) is 6.82. The van der Waals surface area contributed by atoms with Gasteiger partial charge in [0.05, 0.1) is 5.52 Å². The molecule has 0 unspecified atom stereocenters. The van der Waals surface area contributed by atoms with Gasteiger partial charge in [-0.2, -0.15) is 0 Å². The van der Waals surface area contributed by atoms with Gasteiger partial charge in [0.15, 0.2) is 0 Å². The molecule has 1 aromatic heterocycles. The highest BCUT2D eigenvalue weighted by molar-refractivity contribution is 5.88.